The number of morpholine rings is 1. The van der Waals surface area contributed by atoms with Gasteiger partial charge in [-0.25, -0.2) is 0 Å². The molecule has 1 amide bonds. The number of fused-ring (bicyclic) bond motifs is 2. The molecule has 150 valence electrons. The van der Waals surface area contributed by atoms with E-state index in [4.69, 9.17) is 9.47 Å². The van der Waals surface area contributed by atoms with Gasteiger partial charge in [0, 0.05) is 54.2 Å². The first-order valence-electron chi connectivity index (χ1n) is 10.2. The van der Waals surface area contributed by atoms with E-state index in [0.717, 1.165) is 73.0 Å². The molecule has 3 aliphatic rings. The minimum absolute atomic E-state index is 0.0961. The normalized spacial score (nSPS) is 20.8. The SMILES string of the molecule is Cc1ccc2c(c1)/C(=C1\OCc3cc(NCCN4CCOCC4)ccc31)C(=O)N2. The highest BCUT2D eigenvalue weighted by Gasteiger charge is 2.32. The maximum Gasteiger partial charge on any atom is 0.260 e. The van der Waals surface area contributed by atoms with Gasteiger partial charge in [-0.2, -0.15) is 0 Å². The van der Waals surface area contributed by atoms with Crippen LogP contribution in [0, 0.1) is 6.92 Å². The molecule has 0 bridgehead atoms. The van der Waals surface area contributed by atoms with Crippen molar-refractivity contribution in [3.63, 3.8) is 0 Å². The number of amides is 1. The molecule has 5 rings (SSSR count). The van der Waals surface area contributed by atoms with Crippen molar-refractivity contribution in [3.8, 4) is 0 Å². The second-order valence-corrected chi connectivity index (χ2v) is 7.75. The van der Waals surface area contributed by atoms with E-state index in [0.29, 0.717) is 17.9 Å². The molecule has 0 atom stereocenters. The van der Waals surface area contributed by atoms with Gasteiger partial charge in [0.25, 0.3) is 5.91 Å². The third kappa shape index (κ3) is 3.50. The standard InChI is InChI=1S/C23H25N3O3/c1-15-2-5-20-19(12-15)21(23(27)25-20)22-18-4-3-17(13-16(18)14-29-22)24-6-7-26-8-10-28-11-9-26/h2-5,12-13,24H,6-11,14H2,1H3,(H,25,27)/b22-21+. The Kier molecular flexibility index (Phi) is 4.73. The minimum Gasteiger partial charge on any atom is -0.487 e. The van der Waals surface area contributed by atoms with Gasteiger partial charge in [0.05, 0.1) is 18.8 Å². The monoisotopic (exact) mass is 391 g/mol. The fourth-order valence-corrected chi connectivity index (χ4v) is 4.17. The number of hydrogen-bond acceptors (Lipinski definition) is 5. The highest BCUT2D eigenvalue weighted by molar-refractivity contribution is 6.36. The molecule has 0 aliphatic carbocycles. The summed E-state index contributed by atoms with van der Waals surface area (Å²) >= 11 is 0. The van der Waals surface area contributed by atoms with Crippen molar-refractivity contribution in [2.75, 3.05) is 50.0 Å². The van der Waals surface area contributed by atoms with Crippen molar-refractivity contribution in [2.24, 2.45) is 0 Å². The average molecular weight is 391 g/mol. The van der Waals surface area contributed by atoms with Crippen molar-refractivity contribution in [2.45, 2.75) is 13.5 Å². The number of carbonyl (C=O) groups is 1. The van der Waals surface area contributed by atoms with Crippen LogP contribution in [0.1, 0.15) is 22.3 Å². The summed E-state index contributed by atoms with van der Waals surface area (Å²) in [5.74, 6) is 0.586. The van der Waals surface area contributed by atoms with Gasteiger partial charge in [-0.15, -0.1) is 0 Å². The van der Waals surface area contributed by atoms with Gasteiger partial charge in [0.15, 0.2) is 0 Å². The molecule has 3 aliphatic heterocycles. The second-order valence-electron chi connectivity index (χ2n) is 7.75. The van der Waals surface area contributed by atoms with Gasteiger partial charge >= 0.3 is 0 Å². The van der Waals surface area contributed by atoms with Crippen LogP contribution in [-0.4, -0.2) is 50.2 Å². The van der Waals surface area contributed by atoms with E-state index in [1.165, 1.54) is 0 Å². The highest BCUT2D eigenvalue weighted by Crippen LogP contribution is 2.42. The van der Waals surface area contributed by atoms with Crippen LogP contribution in [-0.2, 0) is 20.9 Å². The lowest BCUT2D eigenvalue weighted by Crippen LogP contribution is -2.39. The summed E-state index contributed by atoms with van der Waals surface area (Å²) < 4.78 is 11.4. The maximum atomic E-state index is 12.6. The highest BCUT2D eigenvalue weighted by atomic mass is 16.5. The molecular weight excluding hydrogens is 366 g/mol. The summed E-state index contributed by atoms with van der Waals surface area (Å²) in [5.41, 5.74) is 6.72. The molecule has 0 radical (unpaired) electrons. The quantitative estimate of drug-likeness (QED) is 0.785. The predicted octanol–water partition coefficient (Wildman–Crippen LogP) is 3.09. The number of hydrogen-bond donors (Lipinski definition) is 2. The molecule has 29 heavy (non-hydrogen) atoms. The Balaban J connectivity index is 1.35. The van der Waals surface area contributed by atoms with E-state index in [1.807, 2.05) is 25.1 Å². The topological polar surface area (TPSA) is 62.8 Å². The Morgan fingerprint density at radius 3 is 2.83 bits per heavy atom. The zero-order chi connectivity index (χ0) is 19.8. The first-order valence-corrected chi connectivity index (χ1v) is 10.2. The first kappa shape index (κ1) is 18.2. The summed E-state index contributed by atoms with van der Waals surface area (Å²) in [7, 11) is 0. The van der Waals surface area contributed by atoms with Crippen molar-refractivity contribution in [1.29, 1.82) is 0 Å². The van der Waals surface area contributed by atoms with Crippen LogP contribution in [0.25, 0.3) is 11.3 Å². The molecule has 1 fully saturated rings. The molecule has 2 aromatic carbocycles. The Labute approximate surface area is 170 Å². The number of nitrogens with one attached hydrogen (secondary N) is 2. The summed E-state index contributed by atoms with van der Waals surface area (Å²) in [6, 6.07) is 12.3. The third-order valence-corrected chi connectivity index (χ3v) is 5.73. The van der Waals surface area contributed by atoms with E-state index < -0.39 is 0 Å². The van der Waals surface area contributed by atoms with Crippen LogP contribution < -0.4 is 10.6 Å². The summed E-state index contributed by atoms with van der Waals surface area (Å²) in [6.45, 7) is 8.06. The fraction of sp³-hybridized carbons (Fsp3) is 0.348. The molecule has 2 aromatic rings. The number of rotatable bonds is 4. The Bertz CT molecular complexity index is 993. The van der Waals surface area contributed by atoms with Gasteiger partial charge < -0.3 is 20.1 Å². The molecule has 2 N–H and O–H groups in total. The molecular formula is C23H25N3O3. The summed E-state index contributed by atoms with van der Waals surface area (Å²) in [6.07, 6.45) is 0. The largest absolute Gasteiger partial charge is 0.487 e. The van der Waals surface area contributed by atoms with E-state index in [1.54, 1.807) is 0 Å². The number of ether oxygens (including phenoxy) is 2. The Morgan fingerprint density at radius 2 is 1.97 bits per heavy atom. The molecule has 1 saturated heterocycles. The Morgan fingerprint density at radius 1 is 1.10 bits per heavy atom. The van der Waals surface area contributed by atoms with Crippen LogP contribution in [0.3, 0.4) is 0 Å². The van der Waals surface area contributed by atoms with Gasteiger partial charge in [-0.05, 0) is 37.3 Å². The molecule has 0 unspecified atom stereocenters. The van der Waals surface area contributed by atoms with Gasteiger partial charge in [-0.1, -0.05) is 11.6 Å². The minimum atomic E-state index is -0.0961. The molecule has 6 nitrogen and oxygen atoms in total. The lowest BCUT2D eigenvalue weighted by Gasteiger charge is -2.26. The lowest BCUT2D eigenvalue weighted by atomic mass is 9.99. The van der Waals surface area contributed by atoms with Crippen LogP contribution in [0.15, 0.2) is 36.4 Å². The second kappa shape index (κ2) is 7.54. The van der Waals surface area contributed by atoms with Crippen LogP contribution >= 0.6 is 0 Å². The summed E-state index contributed by atoms with van der Waals surface area (Å²) in [5, 5.41) is 6.45. The number of aryl methyl sites for hydroxylation is 1. The number of benzene rings is 2. The fourth-order valence-electron chi connectivity index (χ4n) is 4.17. The number of nitrogens with zero attached hydrogens (tertiary/aromatic N) is 1. The molecule has 0 aromatic heterocycles. The van der Waals surface area contributed by atoms with E-state index in [9.17, 15) is 4.79 Å². The smallest absolute Gasteiger partial charge is 0.260 e. The van der Waals surface area contributed by atoms with Crippen LogP contribution in [0.2, 0.25) is 0 Å². The van der Waals surface area contributed by atoms with Gasteiger partial charge in [0.2, 0.25) is 0 Å². The van der Waals surface area contributed by atoms with Crippen LogP contribution in [0.5, 0.6) is 0 Å². The molecule has 0 saturated carbocycles. The number of carbonyl (C=O) groups excluding carboxylic acids is 1. The lowest BCUT2D eigenvalue weighted by molar-refractivity contribution is -0.110. The first-order chi connectivity index (χ1) is 14.2. The molecule has 0 spiro atoms. The van der Waals surface area contributed by atoms with Crippen molar-refractivity contribution in [1.82, 2.24) is 4.90 Å². The zero-order valence-electron chi connectivity index (χ0n) is 16.6. The predicted molar refractivity (Wildman–Crippen MR) is 114 cm³/mol. The number of anilines is 2. The molecule has 6 heteroatoms. The van der Waals surface area contributed by atoms with Crippen molar-refractivity contribution >= 4 is 28.6 Å². The van der Waals surface area contributed by atoms with E-state index >= 15 is 0 Å². The van der Waals surface area contributed by atoms with Gasteiger partial charge in [0.1, 0.15) is 12.4 Å². The maximum absolute atomic E-state index is 12.6. The van der Waals surface area contributed by atoms with E-state index in [2.05, 4.69) is 33.7 Å². The van der Waals surface area contributed by atoms with Gasteiger partial charge in [-0.3, -0.25) is 9.69 Å². The third-order valence-electron chi connectivity index (χ3n) is 5.73. The zero-order valence-corrected chi connectivity index (χ0v) is 16.6. The average Bonchev–Trinajstić information content (AvgIpc) is 3.28. The summed E-state index contributed by atoms with van der Waals surface area (Å²) in [4.78, 5) is 15.0. The van der Waals surface area contributed by atoms with Crippen molar-refractivity contribution < 1.29 is 14.3 Å². The van der Waals surface area contributed by atoms with Crippen LogP contribution in [0.4, 0.5) is 11.4 Å². The van der Waals surface area contributed by atoms with Crippen molar-refractivity contribution in [3.05, 3.63) is 58.7 Å². The molecule has 3 heterocycles. The van der Waals surface area contributed by atoms with E-state index in [-0.39, 0.29) is 5.91 Å². The Hall–Kier alpha value is -2.83.